The van der Waals surface area contributed by atoms with E-state index >= 15 is 0 Å². The molecule has 0 fully saturated rings. The first-order chi connectivity index (χ1) is 9.24. The molecule has 0 radical (unpaired) electrons. The van der Waals surface area contributed by atoms with E-state index in [0.29, 0.717) is 17.4 Å². The maximum absolute atomic E-state index is 5.83. The zero-order valence-corrected chi connectivity index (χ0v) is 11.3. The van der Waals surface area contributed by atoms with Crippen LogP contribution < -0.4 is 5.73 Å². The van der Waals surface area contributed by atoms with E-state index in [0.717, 1.165) is 15.6 Å². The Morgan fingerprint density at radius 1 is 1.16 bits per heavy atom. The zero-order chi connectivity index (χ0) is 13.2. The highest BCUT2D eigenvalue weighted by Gasteiger charge is 2.11. The van der Waals surface area contributed by atoms with Gasteiger partial charge in [0.2, 0.25) is 5.82 Å². The Balaban J connectivity index is 1.99. The molecule has 0 aliphatic heterocycles. The van der Waals surface area contributed by atoms with Crippen LogP contribution in [0.5, 0.6) is 0 Å². The number of nitrogen functional groups attached to an aromatic ring is 1. The molecule has 2 aromatic heterocycles. The SMILES string of the molecule is Nc1cc(-c2nc(-c3cccnc3)no2)ccc1Br. The lowest BCUT2D eigenvalue weighted by atomic mass is 10.2. The number of aromatic nitrogens is 3. The first-order valence-electron chi connectivity index (χ1n) is 5.53. The van der Waals surface area contributed by atoms with Crippen LogP contribution in [-0.2, 0) is 0 Å². The molecular formula is C13H9BrN4O. The van der Waals surface area contributed by atoms with Crippen LogP contribution in [0.15, 0.2) is 51.7 Å². The van der Waals surface area contributed by atoms with Gasteiger partial charge in [0, 0.05) is 33.7 Å². The largest absolute Gasteiger partial charge is 0.398 e. The fourth-order valence-electron chi connectivity index (χ4n) is 1.63. The Morgan fingerprint density at radius 3 is 2.79 bits per heavy atom. The number of hydrogen-bond donors (Lipinski definition) is 1. The number of anilines is 1. The van der Waals surface area contributed by atoms with Gasteiger partial charge < -0.3 is 10.3 Å². The second kappa shape index (κ2) is 4.81. The summed E-state index contributed by atoms with van der Waals surface area (Å²) in [5, 5.41) is 3.94. The lowest BCUT2D eigenvalue weighted by molar-refractivity contribution is 0.432. The zero-order valence-electron chi connectivity index (χ0n) is 9.75. The highest BCUT2D eigenvalue weighted by atomic mass is 79.9. The van der Waals surface area contributed by atoms with Crippen LogP contribution in [0.4, 0.5) is 5.69 Å². The summed E-state index contributed by atoms with van der Waals surface area (Å²) in [7, 11) is 0. The molecule has 0 unspecified atom stereocenters. The summed E-state index contributed by atoms with van der Waals surface area (Å²) in [6.45, 7) is 0. The summed E-state index contributed by atoms with van der Waals surface area (Å²) in [5.74, 6) is 0.933. The summed E-state index contributed by atoms with van der Waals surface area (Å²) in [6, 6.07) is 9.19. The molecule has 0 spiro atoms. The number of benzene rings is 1. The summed E-state index contributed by atoms with van der Waals surface area (Å²) >= 11 is 3.34. The average molecular weight is 317 g/mol. The van der Waals surface area contributed by atoms with Gasteiger partial charge >= 0.3 is 0 Å². The van der Waals surface area contributed by atoms with Crippen LogP contribution >= 0.6 is 15.9 Å². The number of rotatable bonds is 2. The molecular weight excluding hydrogens is 308 g/mol. The van der Waals surface area contributed by atoms with Gasteiger partial charge in [0.25, 0.3) is 5.89 Å². The van der Waals surface area contributed by atoms with E-state index < -0.39 is 0 Å². The molecule has 94 valence electrons. The van der Waals surface area contributed by atoms with Crippen molar-refractivity contribution in [2.75, 3.05) is 5.73 Å². The van der Waals surface area contributed by atoms with Crippen LogP contribution in [0.2, 0.25) is 0 Å². The van der Waals surface area contributed by atoms with E-state index in [1.54, 1.807) is 18.5 Å². The van der Waals surface area contributed by atoms with Crippen molar-refractivity contribution < 1.29 is 4.52 Å². The van der Waals surface area contributed by atoms with Crippen molar-refractivity contribution in [3.8, 4) is 22.8 Å². The molecule has 5 nitrogen and oxygen atoms in total. The van der Waals surface area contributed by atoms with Gasteiger partial charge in [-0.3, -0.25) is 4.98 Å². The molecule has 0 saturated carbocycles. The quantitative estimate of drug-likeness (QED) is 0.735. The number of nitrogens with two attached hydrogens (primary N) is 1. The Kier molecular flexibility index (Phi) is 3.00. The average Bonchev–Trinajstić information content (AvgIpc) is 2.93. The summed E-state index contributed by atoms with van der Waals surface area (Å²) < 4.78 is 6.08. The maximum atomic E-state index is 5.83. The van der Waals surface area contributed by atoms with Crippen LogP contribution in [0.1, 0.15) is 0 Å². The van der Waals surface area contributed by atoms with Gasteiger partial charge in [0.05, 0.1) is 0 Å². The van der Waals surface area contributed by atoms with Crippen LogP contribution in [0.25, 0.3) is 22.8 Å². The van der Waals surface area contributed by atoms with Gasteiger partial charge in [-0.25, -0.2) is 0 Å². The first kappa shape index (κ1) is 11.9. The lowest BCUT2D eigenvalue weighted by Crippen LogP contribution is -1.87. The predicted octanol–water partition coefficient (Wildman–Crippen LogP) is 3.14. The molecule has 0 amide bonds. The molecule has 0 aliphatic rings. The topological polar surface area (TPSA) is 77.8 Å². The molecule has 6 heteroatoms. The molecule has 3 aromatic rings. The lowest BCUT2D eigenvalue weighted by Gasteiger charge is -1.99. The van der Waals surface area contributed by atoms with Crippen molar-refractivity contribution >= 4 is 21.6 Å². The molecule has 1 aromatic carbocycles. The number of nitrogens with zero attached hydrogens (tertiary/aromatic N) is 3. The Morgan fingerprint density at radius 2 is 2.05 bits per heavy atom. The summed E-state index contributed by atoms with van der Waals surface area (Å²) in [5.41, 5.74) is 8.04. The third-order valence-electron chi connectivity index (χ3n) is 2.59. The normalized spacial score (nSPS) is 10.6. The van der Waals surface area contributed by atoms with Crippen molar-refractivity contribution in [2.45, 2.75) is 0 Å². The minimum Gasteiger partial charge on any atom is -0.398 e. The molecule has 2 heterocycles. The van der Waals surface area contributed by atoms with Gasteiger partial charge in [-0.1, -0.05) is 5.16 Å². The van der Waals surface area contributed by atoms with E-state index in [-0.39, 0.29) is 0 Å². The Hall–Kier alpha value is -2.21. The highest BCUT2D eigenvalue weighted by Crippen LogP contribution is 2.27. The van der Waals surface area contributed by atoms with Crippen molar-refractivity contribution in [1.29, 1.82) is 0 Å². The smallest absolute Gasteiger partial charge is 0.258 e. The van der Waals surface area contributed by atoms with Crippen molar-refractivity contribution in [2.24, 2.45) is 0 Å². The molecule has 2 N–H and O–H groups in total. The van der Waals surface area contributed by atoms with Gasteiger partial charge in [-0.15, -0.1) is 0 Å². The monoisotopic (exact) mass is 316 g/mol. The fraction of sp³-hybridized carbons (Fsp3) is 0. The summed E-state index contributed by atoms with van der Waals surface area (Å²) in [4.78, 5) is 8.35. The van der Waals surface area contributed by atoms with Crippen molar-refractivity contribution in [3.63, 3.8) is 0 Å². The van der Waals surface area contributed by atoms with Crippen LogP contribution in [-0.4, -0.2) is 15.1 Å². The van der Waals surface area contributed by atoms with Gasteiger partial charge in [-0.2, -0.15) is 4.98 Å². The van der Waals surface area contributed by atoms with Gasteiger partial charge in [-0.05, 0) is 46.3 Å². The molecule has 19 heavy (non-hydrogen) atoms. The molecule has 0 atom stereocenters. The summed E-state index contributed by atoms with van der Waals surface area (Å²) in [6.07, 6.45) is 3.38. The minimum absolute atomic E-state index is 0.429. The predicted molar refractivity (Wildman–Crippen MR) is 75.1 cm³/mol. The van der Waals surface area contributed by atoms with E-state index in [4.69, 9.17) is 10.3 Å². The highest BCUT2D eigenvalue weighted by molar-refractivity contribution is 9.10. The maximum Gasteiger partial charge on any atom is 0.258 e. The third kappa shape index (κ3) is 2.34. The van der Waals surface area contributed by atoms with E-state index in [2.05, 4.69) is 31.1 Å². The first-order valence-corrected chi connectivity index (χ1v) is 6.33. The Labute approximate surface area is 117 Å². The number of halogens is 1. The van der Waals surface area contributed by atoms with E-state index in [9.17, 15) is 0 Å². The molecule has 0 saturated heterocycles. The van der Waals surface area contributed by atoms with Crippen LogP contribution in [0.3, 0.4) is 0 Å². The van der Waals surface area contributed by atoms with Crippen molar-refractivity contribution in [1.82, 2.24) is 15.1 Å². The minimum atomic E-state index is 0.429. The third-order valence-corrected chi connectivity index (χ3v) is 3.31. The van der Waals surface area contributed by atoms with Crippen LogP contribution in [0, 0.1) is 0 Å². The number of pyridine rings is 1. The van der Waals surface area contributed by atoms with E-state index in [1.165, 1.54) is 0 Å². The molecule has 0 aliphatic carbocycles. The molecule has 0 bridgehead atoms. The number of hydrogen-bond acceptors (Lipinski definition) is 5. The molecule has 3 rings (SSSR count). The van der Waals surface area contributed by atoms with Crippen molar-refractivity contribution in [3.05, 3.63) is 47.2 Å². The standard InChI is InChI=1S/C13H9BrN4O/c14-10-4-3-8(6-11(10)15)13-17-12(18-19-13)9-2-1-5-16-7-9/h1-7H,15H2. The van der Waals surface area contributed by atoms with Gasteiger partial charge in [0.1, 0.15) is 0 Å². The second-order valence-corrected chi connectivity index (χ2v) is 4.76. The fourth-order valence-corrected chi connectivity index (χ4v) is 1.88. The Bertz CT molecular complexity index is 712. The van der Waals surface area contributed by atoms with Gasteiger partial charge in [0.15, 0.2) is 0 Å². The van der Waals surface area contributed by atoms with E-state index in [1.807, 2.05) is 24.3 Å². The second-order valence-electron chi connectivity index (χ2n) is 3.90.